The number of nitrogens with one attached hydrogen (secondary N) is 1. The number of ether oxygens (including phenoxy) is 2. The Bertz CT molecular complexity index is 1390. The number of fused-ring (bicyclic) bond motifs is 2. The summed E-state index contributed by atoms with van der Waals surface area (Å²) in [6, 6.07) is 18.6. The second-order valence-electron chi connectivity index (χ2n) is 8.51. The molecule has 0 bridgehead atoms. The van der Waals surface area contributed by atoms with Crippen molar-refractivity contribution < 1.29 is 14.3 Å². The molecule has 5 rings (SSSR count). The maximum atomic E-state index is 13.5. The van der Waals surface area contributed by atoms with Crippen LogP contribution in [0.4, 0.5) is 0 Å². The predicted octanol–water partition coefficient (Wildman–Crippen LogP) is 6.32. The molecule has 1 atom stereocenters. The maximum Gasteiger partial charge on any atom is 0.243 e. The van der Waals surface area contributed by atoms with Gasteiger partial charge in [0.2, 0.25) is 12.7 Å². The summed E-state index contributed by atoms with van der Waals surface area (Å²) in [6.07, 6.45) is 2.00. The Morgan fingerprint density at radius 1 is 1.09 bits per heavy atom. The quantitative estimate of drug-likeness (QED) is 0.301. The topological polar surface area (TPSA) is 65.4 Å². The molecule has 0 saturated heterocycles. The number of carbonyl (C=O) groups excluding carboxylic acids is 1. The van der Waals surface area contributed by atoms with E-state index in [1.165, 1.54) is 0 Å². The Kier molecular flexibility index (Phi) is 6.84. The molecule has 1 aliphatic heterocycles. The van der Waals surface area contributed by atoms with Crippen molar-refractivity contribution in [2.24, 2.45) is 0 Å². The molecule has 0 saturated carbocycles. The summed E-state index contributed by atoms with van der Waals surface area (Å²) in [5.41, 5.74) is 3.62. The van der Waals surface area contributed by atoms with E-state index >= 15 is 0 Å². The third-order valence-electron chi connectivity index (χ3n) is 6.11. The van der Waals surface area contributed by atoms with Gasteiger partial charge >= 0.3 is 0 Å². The zero-order valence-corrected chi connectivity index (χ0v) is 20.8. The van der Waals surface area contributed by atoms with Crippen molar-refractivity contribution in [3.63, 3.8) is 0 Å². The van der Waals surface area contributed by atoms with Crippen molar-refractivity contribution in [3.8, 4) is 11.5 Å². The van der Waals surface area contributed by atoms with Gasteiger partial charge in [0.15, 0.2) is 11.5 Å². The Hall–Kier alpha value is -3.22. The van der Waals surface area contributed by atoms with Gasteiger partial charge in [0, 0.05) is 23.0 Å². The minimum absolute atomic E-state index is 0.0591. The molecule has 0 aliphatic carbocycles. The van der Waals surface area contributed by atoms with Gasteiger partial charge in [0.05, 0.1) is 11.0 Å². The van der Waals surface area contributed by atoms with Crippen LogP contribution < -0.4 is 14.8 Å². The van der Waals surface area contributed by atoms with Gasteiger partial charge in [-0.25, -0.2) is 4.98 Å². The van der Waals surface area contributed by atoms with Crippen LogP contribution in [0.25, 0.3) is 11.0 Å². The Morgan fingerprint density at radius 2 is 1.91 bits per heavy atom. The molecule has 4 aromatic rings. The lowest BCUT2D eigenvalue weighted by molar-refractivity contribution is -0.124. The number of amides is 1. The van der Waals surface area contributed by atoms with Crippen LogP contribution in [-0.2, 0) is 17.8 Å². The average Bonchev–Trinajstić information content (AvgIpc) is 3.46. The zero-order valence-electron chi connectivity index (χ0n) is 19.3. The lowest BCUT2D eigenvalue weighted by Gasteiger charge is -2.21. The third kappa shape index (κ3) is 4.95. The van der Waals surface area contributed by atoms with Gasteiger partial charge in [-0.3, -0.25) is 4.79 Å². The van der Waals surface area contributed by atoms with Crippen molar-refractivity contribution in [2.45, 2.75) is 38.8 Å². The van der Waals surface area contributed by atoms with Crippen LogP contribution in [0, 0.1) is 0 Å². The molecule has 35 heavy (non-hydrogen) atoms. The monoisotopic (exact) mass is 509 g/mol. The van der Waals surface area contributed by atoms with Gasteiger partial charge in [0.25, 0.3) is 0 Å². The number of para-hydroxylation sites is 2. The molecular formula is C27H25Cl2N3O3. The Balaban J connectivity index is 1.45. The van der Waals surface area contributed by atoms with E-state index in [0.717, 1.165) is 40.2 Å². The smallest absolute Gasteiger partial charge is 0.243 e. The number of rotatable bonds is 8. The van der Waals surface area contributed by atoms with Crippen molar-refractivity contribution in [1.82, 2.24) is 14.9 Å². The molecule has 0 spiro atoms. The van der Waals surface area contributed by atoms with Gasteiger partial charge in [0.1, 0.15) is 11.9 Å². The Labute approximate surface area is 213 Å². The van der Waals surface area contributed by atoms with Crippen molar-refractivity contribution in [3.05, 3.63) is 87.7 Å². The first-order chi connectivity index (χ1) is 17.0. The van der Waals surface area contributed by atoms with Crippen LogP contribution in [0.1, 0.15) is 42.8 Å². The molecule has 180 valence electrons. The second kappa shape index (κ2) is 10.2. The molecule has 6 nitrogen and oxygen atoms in total. The number of nitrogens with zero attached hydrogens (tertiary/aromatic N) is 2. The highest BCUT2D eigenvalue weighted by molar-refractivity contribution is 6.35. The molecular weight excluding hydrogens is 485 g/mol. The summed E-state index contributed by atoms with van der Waals surface area (Å²) in [7, 11) is 0. The fourth-order valence-electron chi connectivity index (χ4n) is 4.41. The van der Waals surface area contributed by atoms with E-state index in [9.17, 15) is 4.79 Å². The standard InChI is InChI=1S/C27H25Cl2N3O3/c1-2-5-23(27(33)30-15-17-8-11-24-25(12-17)35-16-34-24)32-22-7-4-3-6-21(22)31-26(32)13-18-9-10-19(28)14-20(18)29/h3-4,6-12,14,23H,2,5,13,15-16H2,1H3,(H,30,33)/t23-/m0/s1. The zero-order chi connectivity index (χ0) is 24.4. The fourth-order valence-corrected chi connectivity index (χ4v) is 4.89. The Morgan fingerprint density at radius 3 is 2.74 bits per heavy atom. The minimum Gasteiger partial charge on any atom is -0.454 e. The average molecular weight is 510 g/mol. The van der Waals surface area contributed by atoms with E-state index in [1.54, 1.807) is 6.07 Å². The molecule has 3 aromatic carbocycles. The number of hydrogen-bond acceptors (Lipinski definition) is 4. The summed E-state index contributed by atoms with van der Waals surface area (Å²) in [5, 5.41) is 4.27. The predicted molar refractivity (Wildman–Crippen MR) is 137 cm³/mol. The first-order valence-electron chi connectivity index (χ1n) is 11.6. The highest BCUT2D eigenvalue weighted by Crippen LogP contribution is 2.33. The molecule has 1 amide bonds. The van der Waals surface area contributed by atoms with Crippen molar-refractivity contribution in [1.29, 1.82) is 0 Å². The SMILES string of the molecule is CCC[C@@H](C(=O)NCc1ccc2c(c1)OCO2)n1c(Cc2ccc(Cl)cc2Cl)nc2ccccc21. The van der Waals surface area contributed by atoms with Crippen LogP contribution in [0.5, 0.6) is 11.5 Å². The van der Waals surface area contributed by atoms with Gasteiger partial charge in [-0.2, -0.15) is 0 Å². The number of aromatic nitrogens is 2. The van der Waals surface area contributed by atoms with E-state index in [-0.39, 0.29) is 12.7 Å². The highest BCUT2D eigenvalue weighted by atomic mass is 35.5. The third-order valence-corrected chi connectivity index (χ3v) is 6.70. The first-order valence-corrected chi connectivity index (χ1v) is 12.3. The fraction of sp³-hybridized carbons (Fsp3) is 0.259. The summed E-state index contributed by atoms with van der Waals surface area (Å²) >= 11 is 12.6. The number of imidazole rings is 1. The second-order valence-corrected chi connectivity index (χ2v) is 9.35. The van der Waals surface area contributed by atoms with Crippen LogP contribution in [-0.4, -0.2) is 22.3 Å². The van der Waals surface area contributed by atoms with E-state index in [0.29, 0.717) is 35.2 Å². The number of benzene rings is 3. The molecule has 1 aliphatic rings. The molecule has 8 heteroatoms. The van der Waals surface area contributed by atoms with Gasteiger partial charge < -0.3 is 19.4 Å². The van der Waals surface area contributed by atoms with Gasteiger partial charge in [-0.05, 0) is 53.9 Å². The normalized spacial score (nSPS) is 13.2. The summed E-state index contributed by atoms with van der Waals surface area (Å²) in [6.45, 7) is 2.69. The van der Waals surface area contributed by atoms with E-state index in [2.05, 4.69) is 16.8 Å². The van der Waals surface area contributed by atoms with Gasteiger partial charge in [-0.15, -0.1) is 0 Å². The summed E-state index contributed by atoms with van der Waals surface area (Å²) in [4.78, 5) is 18.4. The number of carbonyl (C=O) groups is 1. The molecule has 1 aromatic heterocycles. The molecule has 0 fully saturated rings. The molecule has 0 radical (unpaired) electrons. The number of halogens is 2. The lowest BCUT2D eigenvalue weighted by atomic mass is 10.1. The summed E-state index contributed by atoms with van der Waals surface area (Å²) in [5.74, 6) is 2.15. The van der Waals surface area contributed by atoms with Crippen LogP contribution in [0.15, 0.2) is 60.7 Å². The van der Waals surface area contributed by atoms with Crippen LogP contribution >= 0.6 is 23.2 Å². The van der Waals surface area contributed by atoms with Crippen LogP contribution in [0.2, 0.25) is 10.0 Å². The molecule has 1 N–H and O–H groups in total. The van der Waals surface area contributed by atoms with Crippen molar-refractivity contribution >= 4 is 40.1 Å². The minimum atomic E-state index is -0.414. The van der Waals surface area contributed by atoms with E-state index in [1.807, 2.05) is 54.6 Å². The summed E-state index contributed by atoms with van der Waals surface area (Å²) < 4.78 is 12.9. The maximum absolute atomic E-state index is 13.5. The molecule has 0 unspecified atom stereocenters. The number of hydrogen-bond donors (Lipinski definition) is 1. The first kappa shape index (κ1) is 23.5. The lowest BCUT2D eigenvalue weighted by Crippen LogP contribution is -2.33. The van der Waals surface area contributed by atoms with Crippen molar-refractivity contribution in [2.75, 3.05) is 6.79 Å². The largest absolute Gasteiger partial charge is 0.454 e. The van der Waals surface area contributed by atoms with Crippen LogP contribution in [0.3, 0.4) is 0 Å². The van der Waals surface area contributed by atoms with E-state index in [4.69, 9.17) is 37.7 Å². The van der Waals surface area contributed by atoms with Gasteiger partial charge in [-0.1, -0.05) is 60.8 Å². The highest BCUT2D eigenvalue weighted by Gasteiger charge is 2.25. The molecule has 2 heterocycles. The van der Waals surface area contributed by atoms with E-state index < -0.39 is 6.04 Å².